The number of H-pyrrole nitrogens is 1. The SMILES string of the molecule is Cc1nn(-c2ccccc2)c(C)c1CN1CCC[C@@H](c2ncc[nH]2)C1. The first kappa shape index (κ1) is 16.1. The summed E-state index contributed by atoms with van der Waals surface area (Å²) in [7, 11) is 0. The van der Waals surface area contributed by atoms with E-state index in [9.17, 15) is 0 Å². The number of hydrogen-bond acceptors (Lipinski definition) is 3. The van der Waals surface area contributed by atoms with Crippen LogP contribution in [0.4, 0.5) is 0 Å². The highest BCUT2D eigenvalue weighted by atomic mass is 15.3. The molecule has 0 spiro atoms. The molecule has 5 nitrogen and oxygen atoms in total. The molecule has 1 aromatic carbocycles. The van der Waals surface area contributed by atoms with Crippen LogP contribution in [0.2, 0.25) is 0 Å². The molecule has 1 N–H and O–H groups in total. The van der Waals surface area contributed by atoms with E-state index in [4.69, 9.17) is 5.10 Å². The van der Waals surface area contributed by atoms with Gasteiger partial charge in [0.1, 0.15) is 5.82 Å². The molecule has 3 heterocycles. The van der Waals surface area contributed by atoms with Crippen LogP contribution >= 0.6 is 0 Å². The number of para-hydroxylation sites is 1. The largest absolute Gasteiger partial charge is 0.348 e. The van der Waals surface area contributed by atoms with Crippen molar-refractivity contribution in [2.75, 3.05) is 13.1 Å². The number of aryl methyl sites for hydroxylation is 1. The molecule has 0 unspecified atom stereocenters. The van der Waals surface area contributed by atoms with Crippen molar-refractivity contribution in [2.45, 2.75) is 39.2 Å². The zero-order valence-corrected chi connectivity index (χ0v) is 14.9. The number of aromatic nitrogens is 4. The minimum Gasteiger partial charge on any atom is -0.348 e. The molecule has 0 aliphatic carbocycles. The van der Waals surface area contributed by atoms with E-state index >= 15 is 0 Å². The van der Waals surface area contributed by atoms with E-state index < -0.39 is 0 Å². The highest BCUT2D eigenvalue weighted by Gasteiger charge is 2.24. The van der Waals surface area contributed by atoms with Gasteiger partial charge >= 0.3 is 0 Å². The van der Waals surface area contributed by atoms with E-state index in [2.05, 4.69) is 57.7 Å². The number of piperidine rings is 1. The molecule has 1 aliphatic heterocycles. The van der Waals surface area contributed by atoms with E-state index in [0.717, 1.165) is 36.8 Å². The van der Waals surface area contributed by atoms with Gasteiger partial charge in [0.25, 0.3) is 0 Å². The molecular weight excluding hydrogens is 310 g/mol. The van der Waals surface area contributed by atoms with Gasteiger partial charge in [-0.05, 0) is 45.4 Å². The molecule has 0 saturated carbocycles. The second-order valence-corrected chi connectivity index (χ2v) is 6.95. The number of likely N-dealkylation sites (tertiary alicyclic amines) is 1. The molecule has 4 rings (SSSR count). The Hall–Kier alpha value is -2.40. The fourth-order valence-electron chi connectivity index (χ4n) is 3.87. The van der Waals surface area contributed by atoms with Crippen LogP contribution in [0, 0.1) is 13.8 Å². The number of imidazole rings is 1. The van der Waals surface area contributed by atoms with E-state index in [-0.39, 0.29) is 0 Å². The van der Waals surface area contributed by atoms with Gasteiger partial charge in [0, 0.05) is 42.7 Å². The predicted molar refractivity (Wildman–Crippen MR) is 98.9 cm³/mol. The highest BCUT2D eigenvalue weighted by Crippen LogP contribution is 2.27. The van der Waals surface area contributed by atoms with Crippen LogP contribution in [0.3, 0.4) is 0 Å². The molecule has 1 saturated heterocycles. The monoisotopic (exact) mass is 335 g/mol. The first-order valence-electron chi connectivity index (χ1n) is 9.04. The molecule has 0 amide bonds. The minimum atomic E-state index is 0.508. The smallest absolute Gasteiger partial charge is 0.110 e. The lowest BCUT2D eigenvalue weighted by atomic mass is 9.97. The van der Waals surface area contributed by atoms with Crippen LogP contribution in [0.1, 0.15) is 41.5 Å². The van der Waals surface area contributed by atoms with Gasteiger partial charge in [-0.25, -0.2) is 9.67 Å². The number of aromatic amines is 1. The lowest BCUT2D eigenvalue weighted by Gasteiger charge is -2.31. The third kappa shape index (κ3) is 3.24. The Labute approximate surface area is 148 Å². The quantitative estimate of drug-likeness (QED) is 0.793. The van der Waals surface area contributed by atoms with Crippen molar-refractivity contribution in [1.82, 2.24) is 24.6 Å². The topological polar surface area (TPSA) is 49.7 Å². The summed E-state index contributed by atoms with van der Waals surface area (Å²) in [6, 6.07) is 10.4. The minimum absolute atomic E-state index is 0.508. The van der Waals surface area contributed by atoms with Gasteiger partial charge in [-0.2, -0.15) is 5.10 Å². The fourth-order valence-corrected chi connectivity index (χ4v) is 3.87. The average molecular weight is 335 g/mol. The molecule has 1 fully saturated rings. The maximum Gasteiger partial charge on any atom is 0.110 e. The molecule has 0 radical (unpaired) electrons. The van der Waals surface area contributed by atoms with Gasteiger partial charge in [0.2, 0.25) is 0 Å². The summed E-state index contributed by atoms with van der Waals surface area (Å²) in [6.45, 7) is 7.46. The number of hydrogen-bond donors (Lipinski definition) is 1. The predicted octanol–water partition coefficient (Wildman–Crippen LogP) is 3.59. The van der Waals surface area contributed by atoms with E-state index in [1.807, 2.05) is 18.5 Å². The number of nitrogens with zero attached hydrogens (tertiary/aromatic N) is 4. The first-order chi connectivity index (χ1) is 12.2. The Balaban J connectivity index is 1.54. The Morgan fingerprint density at radius 1 is 1.20 bits per heavy atom. The summed E-state index contributed by atoms with van der Waals surface area (Å²) in [4.78, 5) is 10.3. The zero-order valence-electron chi connectivity index (χ0n) is 14.9. The van der Waals surface area contributed by atoms with E-state index in [0.29, 0.717) is 5.92 Å². The molecule has 130 valence electrons. The number of benzene rings is 1. The van der Waals surface area contributed by atoms with Crippen LogP contribution in [0.25, 0.3) is 5.69 Å². The standard InChI is InChI=1S/C20H25N5/c1-15-19(16(2)25(23-15)18-8-4-3-5-9-18)14-24-12-6-7-17(13-24)20-21-10-11-22-20/h3-5,8-11,17H,6-7,12-14H2,1-2H3,(H,21,22)/t17-/m1/s1. The van der Waals surface area contributed by atoms with Crippen molar-refractivity contribution in [3.8, 4) is 5.69 Å². The Kier molecular flexibility index (Phi) is 4.40. The van der Waals surface area contributed by atoms with Crippen molar-refractivity contribution < 1.29 is 0 Å². The molecular formula is C20H25N5. The average Bonchev–Trinajstić information content (AvgIpc) is 3.27. The van der Waals surface area contributed by atoms with Crippen LogP contribution in [0.5, 0.6) is 0 Å². The summed E-state index contributed by atoms with van der Waals surface area (Å²) in [5.74, 6) is 1.63. The highest BCUT2D eigenvalue weighted by molar-refractivity contribution is 5.36. The van der Waals surface area contributed by atoms with Crippen molar-refractivity contribution in [2.24, 2.45) is 0 Å². The van der Waals surface area contributed by atoms with Gasteiger partial charge in [0.05, 0.1) is 11.4 Å². The summed E-state index contributed by atoms with van der Waals surface area (Å²) < 4.78 is 2.07. The third-order valence-corrected chi connectivity index (χ3v) is 5.24. The summed E-state index contributed by atoms with van der Waals surface area (Å²) in [5.41, 5.74) is 4.84. The van der Waals surface area contributed by atoms with Crippen molar-refractivity contribution >= 4 is 0 Å². The summed E-state index contributed by atoms with van der Waals surface area (Å²) in [6.07, 6.45) is 6.21. The van der Waals surface area contributed by atoms with Gasteiger partial charge in [-0.1, -0.05) is 18.2 Å². The van der Waals surface area contributed by atoms with Crippen molar-refractivity contribution in [1.29, 1.82) is 0 Å². The van der Waals surface area contributed by atoms with Crippen LogP contribution in [-0.4, -0.2) is 37.7 Å². The van der Waals surface area contributed by atoms with Crippen LogP contribution in [-0.2, 0) is 6.54 Å². The van der Waals surface area contributed by atoms with Gasteiger partial charge in [-0.15, -0.1) is 0 Å². The molecule has 1 atom stereocenters. The van der Waals surface area contributed by atoms with Crippen LogP contribution < -0.4 is 0 Å². The second-order valence-electron chi connectivity index (χ2n) is 6.95. The van der Waals surface area contributed by atoms with Crippen molar-refractivity contribution in [3.63, 3.8) is 0 Å². The fraction of sp³-hybridized carbons (Fsp3) is 0.400. The second kappa shape index (κ2) is 6.84. The molecule has 2 aromatic heterocycles. The van der Waals surface area contributed by atoms with E-state index in [1.165, 1.54) is 24.1 Å². The maximum absolute atomic E-state index is 4.79. The van der Waals surface area contributed by atoms with Crippen LogP contribution in [0.15, 0.2) is 42.7 Å². The molecule has 5 heteroatoms. The van der Waals surface area contributed by atoms with Gasteiger partial charge in [0.15, 0.2) is 0 Å². The molecule has 25 heavy (non-hydrogen) atoms. The number of nitrogens with one attached hydrogen (secondary N) is 1. The molecule has 1 aliphatic rings. The van der Waals surface area contributed by atoms with E-state index in [1.54, 1.807) is 0 Å². The Bertz CT molecular complexity index is 819. The normalized spacial score (nSPS) is 18.6. The molecule has 0 bridgehead atoms. The zero-order chi connectivity index (χ0) is 17.2. The summed E-state index contributed by atoms with van der Waals surface area (Å²) in [5, 5.41) is 4.79. The lowest BCUT2D eigenvalue weighted by Crippen LogP contribution is -2.34. The van der Waals surface area contributed by atoms with Gasteiger partial charge in [-0.3, -0.25) is 4.90 Å². The number of rotatable bonds is 4. The lowest BCUT2D eigenvalue weighted by molar-refractivity contribution is 0.196. The molecule has 3 aromatic rings. The van der Waals surface area contributed by atoms with Gasteiger partial charge < -0.3 is 4.98 Å². The third-order valence-electron chi connectivity index (χ3n) is 5.24. The maximum atomic E-state index is 4.79. The Morgan fingerprint density at radius 2 is 2.04 bits per heavy atom. The van der Waals surface area contributed by atoms with Crippen molar-refractivity contribution in [3.05, 3.63) is 65.5 Å². The first-order valence-corrected chi connectivity index (χ1v) is 9.04. The Morgan fingerprint density at radius 3 is 2.80 bits per heavy atom. The summed E-state index contributed by atoms with van der Waals surface area (Å²) >= 11 is 0.